The Labute approximate surface area is 98.2 Å². The number of nitrogens with two attached hydrogens (primary N) is 1. The first kappa shape index (κ1) is 14.3. The summed E-state index contributed by atoms with van der Waals surface area (Å²) in [5, 5.41) is 0. The molecule has 0 saturated heterocycles. The summed E-state index contributed by atoms with van der Waals surface area (Å²) in [6.45, 7) is 4.36. The summed E-state index contributed by atoms with van der Waals surface area (Å²) in [5.41, 5.74) is 7.21. The molecule has 0 aliphatic heterocycles. The van der Waals surface area contributed by atoms with Gasteiger partial charge in [0.2, 0.25) is 0 Å². The molecule has 0 spiro atoms. The molecular weight excluding hydrogens is 210 g/mol. The van der Waals surface area contributed by atoms with E-state index in [1.165, 1.54) is 0 Å². The van der Waals surface area contributed by atoms with Crippen LogP contribution < -0.4 is 10.5 Å². The summed E-state index contributed by atoms with van der Waals surface area (Å²) in [5.74, 6) is 1.50. The van der Waals surface area contributed by atoms with Crippen LogP contribution in [0.15, 0.2) is 24.3 Å². The highest BCUT2D eigenvalue weighted by molar-refractivity contribution is 5.85. The molecule has 2 nitrogen and oxygen atoms in total. The highest BCUT2D eigenvalue weighted by Gasteiger charge is 2.08. The fraction of sp³-hybridized carbons (Fsp3) is 0.500. The van der Waals surface area contributed by atoms with Crippen molar-refractivity contribution in [3.8, 4) is 5.75 Å². The molecule has 0 aliphatic rings. The van der Waals surface area contributed by atoms with Gasteiger partial charge in [0.15, 0.2) is 0 Å². The van der Waals surface area contributed by atoms with Crippen LogP contribution in [0.4, 0.5) is 0 Å². The molecule has 1 aromatic carbocycles. The van der Waals surface area contributed by atoms with Crippen molar-refractivity contribution in [2.24, 2.45) is 11.7 Å². The average Bonchev–Trinajstić information content (AvgIpc) is 2.17. The molecule has 0 saturated carbocycles. The molecule has 2 N–H and O–H groups in total. The monoisotopic (exact) mass is 229 g/mol. The first-order valence-electron chi connectivity index (χ1n) is 5.03. The van der Waals surface area contributed by atoms with E-state index < -0.39 is 0 Å². The van der Waals surface area contributed by atoms with E-state index in [2.05, 4.69) is 19.9 Å². The Morgan fingerprint density at radius 2 is 2.00 bits per heavy atom. The van der Waals surface area contributed by atoms with Crippen LogP contribution in [-0.4, -0.2) is 7.11 Å². The van der Waals surface area contributed by atoms with Crippen LogP contribution in [-0.2, 0) is 0 Å². The van der Waals surface area contributed by atoms with Crippen molar-refractivity contribution in [3.63, 3.8) is 0 Å². The Hall–Kier alpha value is -0.730. The Kier molecular flexibility index (Phi) is 6.37. The summed E-state index contributed by atoms with van der Waals surface area (Å²) in [6, 6.07) is 8.09. The van der Waals surface area contributed by atoms with Crippen LogP contribution in [0.1, 0.15) is 31.9 Å². The number of ether oxygens (including phenoxy) is 1. The van der Waals surface area contributed by atoms with E-state index in [1.807, 2.05) is 18.2 Å². The highest BCUT2D eigenvalue weighted by atomic mass is 35.5. The normalized spacial score (nSPS) is 12.1. The number of hydrogen-bond donors (Lipinski definition) is 1. The molecule has 15 heavy (non-hydrogen) atoms. The van der Waals surface area contributed by atoms with Crippen LogP contribution in [0.5, 0.6) is 5.75 Å². The molecule has 0 aromatic heterocycles. The smallest absolute Gasteiger partial charge is 0.119 e. The van der Waals surface area contributed by atoms with Crippen molar-refractivity contribution >= 4 is 12.4 Å². The van der Waals surface area contributed by atoms with E-state index in [-0.39, 0.29) is 18.4 Å². The van der Waals surface area contributed by atoms with Gasteiger partial charge in [-0.05, 0) is 30.0 Å². The Bertz CT molecular complexity index is 289. The second kappa shape index (κ2) is 6.70. The second-order valence-corrected chi connectivity index (χ2v) is 4.01. The minimum atomic E-state index is 0. The predicted octanol–water partition coefficient (Wildman–Crippen LogP) is 3.16. The zero-order chi connectivity index (χ0) is 10.6. The summed E-state index contributed by atoms with van der Waals surface area (Å²) in [7, 11) is 1.67. The summed E-state index contributed by atoms with van der Waals surface area (Å²) < 4.78 is 5.15. The third-order valence-electron chi connectivity index (χ3n) is 2.25. The lowest BCUT2D eigenvalue weighted by molar-refractivity contribution is 0.413. The van der Waals surface area contributed by atoms with E-state index in [4.69, 9.17) is 10.5 Å². The summed E-state index contributed by atoms with van der Waals surface area (Å²) in [6.07, 6.45) is 1.01. The molecule has 86 valence electrons. The molecule has 0 bridgehead atoms. The van der Waals surface area contributed by atoms with Crippen LogP contribution in [0, 0.1) is 5.92 Å². The molecule has 1 rings (SSSR count). The van der Waals surface area contributed by atoms with Crippen molar-refractivity contribution in [1.82, 2.24) is 0 Å². The largest absolute Gasteiger partial charge is 0.497 e. The fourth-order valence-electron chi connectivity index (χ4n) is 1.52. The molecule has 0 aliphatic carbocycles. The molecule has 0 fully saturated rings. The minimum absolute atomic E-state index is 0. The quantitative estimate of drug-likeness (QED) is 0.861. The molecule has 0 radical (unpaired) electrons. The van der Waals surface area contributed by atoms with Crippen LogP contribution in [0.3, 0.4) is 0 Å². The number of halogens is 1. The zero-order valence-corrected chi connectivity index (χ0v) is 10.4. The Morgan fingerprint density at radius 3 is 2.53 bits per heavy atom. The van der Waals surface area contributed by atoms with Gasteiger partial charge in [0.1, 0.15) is 5.75 Å². The van der Waals surface area contributed by atoms with E-state index in [1.54, 1.807) is 7.11 Å². The highest BCUT2D eigenvalue weighted by Crippen LogP contribution is 2.22. The lowest BCUT2D eigenvalue weighted by atomic mass is 9.98. The van der Waals surface area contributed by atoms with E-state index in [9.17, 15) is 0 Å². The molecule has 1 unspecified atom stereocenters. The standard InChI is InChI=1S/C12H19NO.ClH/c1-9(2)7-12(13)10-5-4-6-11(8-10)14-3;/h4-6,8-9,12H,7,13H2,1-3H3;1H. The van der Waals surface area contributed by atoms with Gasteiger partial charge in [0.25, 0.3) is 0 Å². The third-order valence-corrected chi connectivity index (χ3v) is 2.25. The number of rotatable bonds is 4. The maximum Gasteiger partial charge on any atom is 0.119 e. The Balaban J connectivity index is 0.00000196. The third kappa shape index (κ3) is 4.54. The van der Waals surface area contributed by atoms with Crippen LogP contribution >= 0.6 is 12.4 Å². The van der Waals surface area contributed by atoms with Crippen molar-refractivity contribution in [1.29, 1.82) is 0 Å². The van der Waals surface area contributed by atoms with Gasteiger partial charge in [-0.15, -0.1) is 12.4 Å². The summed E-state index contributed by atoms with van der Waals surface area (Å²) in [4.78, 5) is 0. The van der Waals surface area contributed by atoms with Gasteiger partial charge < -0.3 is 10.5 Å². The van der Waals surface area contributed by atoms with Gasteiger partial charge in [-0.1, -0.05) is 26.0 Å². The molecule has 1 atom stereocenters. The topological polar surface area (TPSA) is 35.2 Å². The van der Waals surface area contributed by atoms with Crippen molar-refractivity contribution in [2.45, 2.75) is 26.3 Å². The number of benzene rings is 1. The lowest BCUT2D eigenvalue weighted by Gasteiger charge is -2.15. The van der Waals surface area contributed by atoms with Gasteiger partial charge >= 0.3 is 0 Å². The maximum absolute atomic E-state index is 6.06. The van der Waals surface area contributed by atoms with Crippen molar-refractivity contribution < 1.29 is 4.74 Å². The maximum atomic E-state index is 6.06. The first-order valence-corrected chi connectivity index (χ1v) is 5.03. The van der Waals surface area contributed by atoms with E-state index >= 15 is 0 Å². The molecular formula is C12H20ClNO. The van der Waals surface area contributed by atoms with Gasteiger partial charge in [0, 0.05) is 6.04 Å². The molecule has 0 heterocycles. The Morgan fingerprint density at radius 1 is 1.33 bits per heavy atom. The summed E-state index contributed by atoms with van der Waals surface area (Å²) >= 11 is 0. The fourth-order valence-corrected chi connectivity index (χ4v) is 1.52. The van der Waals surface area contributed by atoms with Gasteiger partial charge in [-0.3, -0.25) is 0 Å². The minimum Gasteiger partial charge on any atom is -0.497 e. The number of hydrogen-bond acceptors (Lipinski definition) is 2. The van der Waals surface area contributed by atoms with Gasteiger partial charge in [0.05, 0.1) is 7.11 Å². The van der Waals surface area contributed by atoms with Gasteiger partial charge in [-0.25, -0.2) is 0 Å². The molecule has 3 heteroatoms. The first-order chi connectivity index (χ1) is 6.63. The molecule has 1 aromatic rings. The predicted molar refractivity (Wildman–Crippen MR) is 66.6 cm³/mol. The zero-order valence-electron chi connectivity index (χ0n) is 9.57. The second-order valence-electron chi connectivity index (χ2n) is 4.01. The molecule has 0 amide bonds. The van der Waals surface area contributed by atoms with E-state index in [0.29, 0.717) is 5.92 Å². The lowest BCUT2D eigenvalue weighted by Crippen LogP contribution is -2.12. The van der Waals surface area contributed by atoms with E-state index in [0.717, 1.165) is 17.7 Å². The van der Waals surface area contributed by atoms with Gasteiger partial charge in [-0.2, -0.15) is 0 Å². The van der Waals surface area contributed by atoms with Crippen LogP contribution in [0.2, 0.25) is 0 Å². The number of methoxy groups -OCH3 is 1. The average molecular weight is 230 g/mol. The van der Waals surface area contributed by atoms with Crippen molar-refractivity contribution in [2.75, 3.05) is 7.11 Å². The van der Waals surface area contributed by atoms with Crippen molar-refractivity contribution in [3.05, 3.63) is 29.8 Å². The van der Waals surface area contributed by atoms with Crippen LogP contribution in [0.25, 0.3) is 0 Å². The SMILES string of the molecule is COc1cccc(C(N)CC(C)C)c1.Cl.